The van der Waals surface area contributed by atoms with Crippen molar-refractivity contribution in [2.45, 2.75) is 19.4 Å². The molecular formula is C20H21FN2O5. The third-order valence-electron chi connectivity index (χ3n) is 4.16. The average molecular weight is 388 g/mol. The van der Waals surface area contributed by atoms with Crippen molar-refractivity contribution in [3.63, 3.8) is 0 Å². The van der Waals surface area contributed by atoms with E-state index in [4.69, 9.17) is 4.74 Å². The van der Waals surface area contributed by atoms with Gasteiger partial charge in [0.05, 0.1) is 12.2 Å². The highest BCUT2D eigenvalue weighted by atomic mass is 19.1. The van der Waals surface area contributed by atoms with Crippen LogP contribution in [0.1, 0.15) is 33.2 Å². The average Bonchev–Trinajstić information content (AvgIpc) is 2.63. The molecule has 148 valence electrons. The van der Waals surface area contributed by atoms with Gasteiger partial charge in [-0.15, -0.1) is 0 Å². The Labute approximate surface area is 161 Å². The Balaban J connectivity index is 2.25. The molecule has 2 aromatic carbocycles. The maximum absolute atomic E-state index is 13.8. The summed E-state index contributed by atoms with van der Waals surface area (Å²) in [5.74, 6) is -3.22. The number of aryl methyl sites for hydroxylation is 1. The molecule has 0 aromatic heterocycles. The second kappa shape index (κ2) is 8.62. The van der Waals surface area contributed by atoms with Gasteiger partial charge in [0.1, 0.15) is 5.82 Å². The van der Waals surface area contributed by atoms with Gasteiger partial charge >= 0.3 is 5.97 Å². The fourth-order valence-electron chi connectivity index (χ4n) is 2.50. The fraction of sp³-hybridized carbons (Fsp3) is 0.250. The topological polar surface area (TPSA) is 105 Å². The standard InChI is InChI=1S/C20H21FN2O5/c1-12-8-9-13(17(24)23-20(2,11-28-3)19(26)27)10-16(12)22-18(25)14-6-4-5-7-15(14)21/h4-10H,11H2,1-3H3,(H,22,25)(H,23,24)(H,26,27). The maximum Gasteiger partial charge on any atom is 0.331 e. The molecular weight excluding hydrogens is 367 g/mol. The predicted octanol–water partition coefficient (Wildman–Crippen LogP) is 2.61. The molecule has 0 heterocycles. The first-order chi connectivity index (χ1) is 13.2. The number of aliphatic carboxylic acids is 1. The Morgan fingerprint density at radius 2 is 1.82 bits per heavy atom. The van der Waals surface area contributed by atoms with E-state index in [0.717, 1.165) is 0 Å². The lowest BCUT2D eigenvalue weighted by Gasteiger charge is -2.25. The predicted molar refractivity (Wildman–Crippen MR) is 101 cm³/mol. The molecule has 2 rings (SSSR count). The minimum absolute atomic E-state index is 0.129. The van der Waals surface area contributed by atoms with E-state index in [1.54, 1.807) is 13.0 Å². The molecule has 3 N–H and O–H groups in total. The Kier molecular flexibility index (Phi) is 6.48. The summed E-state index contributed by atoms with van der Waals surface area (Å²) in [7, 11) is 1.33. The summed E-state index contributed by atoms with van der Waals surface area (Å²) in [6, 6.07) is 10.0. The van der Waals surface area contributed by atoms with Crippen molar-refractivity contribution in [2.75, 3.05) is 19.0 Å². The van der Waals surface area contributed by atoms with Crippen molar-refractivity contribution in [1.82, 2.24) is 5.32 Å². The SMILES string of the molecule is COCC(C)(NC(=O)c1ccc(C)c(NC(=O)c2ccccc2F)c1)C(=O)O. The molecule has 1 unspecified atom stereocenters. The third-order valence-corrected chi connectivity index (χ3v) is 4.16. The number of anilines is 1. The zero-order chi connectivity index (χ0) is 20.9. The van der Waals surface area contributed by atoms with Crippen LogP contribution in [0.5, 0.6) is 0 Å². The molecule has 7 nitrogen and oxygen atoms in total. The zero-order valence-electron chi connectivity index (χ0n) is 15.7. The monoisotopic (exact) mass is 388 g/mol. The van der Waals surface area contributed by atoms with E-state index in [9.17, 15) is 23.9 Å². The molecule has 0 aliphatic heterocycles. The highest BCUT2D eigenvalue weighted by molar-refractivity contribution is 6.06. The first-order valence-electron chi connectivity index (χ1n) is 8.39. The van der Waals surface area contributed by atoms with Crippen LogP contribution in [-0.4, -0.2) is 42.1 Å². The molecule has 8 heteroatoms. The van der Waals surface area contributed by atoms with Gasteiger partial charge in [0.15, 0.2) is 5.54 Å². The fourth-order valence-corrected chi connectivity index (χ4v) is 2.50. The van der Waals surface area contributed by atoms with Gasteiger partial charge in [0.25, 0.3) is 11.8 Å². The van der Waals surface area contributed by atoms with Crippen LogP contribution in [0.3, 0.4) is 0 Å². The van der Waals surface area contributed by atoms with Crippen LogP contribution in [0.4, 0.5) is 10.1 Å². The molecule has 0 aliphatic carbocycles. The molecule has 0 spiro atoms. The number of nitrogens with one attached hydrogen (secondary N) is 2. The Bertz CT molecular complexity index is 915. The number of carboxylic acid groups (broad SMARTS) is 1. The first-order valence-corrected chi connectivity index (χ1v) is 8.39. The Morgan fingerprint density at radius 1 is 1.14 bits per heavy atom. The van der Waals surface area contributed by atoms with E-state index in [1.165, 1.54) is 50.4 Å². The van der Waals surface area contributed by atoms with Crippen molar-refractivity contribution in [3.05, 3.63) is 65.0 Å². The van der Waals surface area contributed by atoms with Gasteiger partial charge in [-0.25, -0.2) is 9.18 Å². The highest BCUT2D eigenvalue weighted by Gasteiger charge is 2.35. The lowest BCUT2D eigenvalue weighted by atomic mass is 10.0. The Morgan fingerprint density at radius 3 is 2.43 bits per heavy atom. The van der Waals surface area contributed by atoms with Gasteiger partial charge in [-0.3, -0.25) is 9.59 Å². The Hall–Kier alpha value is -3.26. The summed E-state index contributed by atoms with van der Waals surface area (Å²) < 4.78 is 18.7. The normalized spacial score (nSPS) is 12.7. The molecule has 0 bridgehead atoms. The number of amides is 2. The van der Waals surface area contributed by atoms with Crippen LogP contribution >= 0.6 is 0 Å². The van der Waals surface area contributed by atoms with E-state index in [-0.39, 0.29) is 17.7 Å². The number of hydrogen-bond donors (Lipinski definition) is 3. The van der Waals surface area contributed by atoms with E-state index >= 15 is 0 Å². The third kappa shape index (κ3) is 4.72. The molecule has 0 radical (unpaired) electrons. The number of rotatable bonds is 7. The number of carbonyl (C=O) groups excluding carboxylic acids is 2. The van der Waals surface area contributed by atoms with Crippen LogP contribution in [0.15, 0.2) is 42.5 Å². The van der Waals surface area contributed by atoms with E-state index in [0.29, 0.717) is 11.3 Å². The summed E-state index contributed by atoms with van der Waals surface area (Å²) >= 11 is 0. The zero-order valence-corrected chi connectivity index (χ0v) is 15.7. The van der Waals surface area contributed by atoms with Gasteiger partial charge in [0, 0.05) is 18.4 Å². The minimum Gasteiger partial charge on any atom is -0.479 e. The highest BCUT2D eigenvalue weighted by Crippen LogP contribution is 2.19. The lowest BCUT2D eigenvalue weighted by molar-refractivity contribution is -0.145. The number of carboxylic acids is 1. The van der Waals surface area contributed by atoms with Gasteiger partial charge in [-0.2, -0.15) is 0 Å². The van der Waals surface area contributed by atoms with Crippen molar-refractivity contribution < 1.29 is 28.6 Å². The van der Waals surface area contributed by atoms with Gasteiger partial charge in [-0.05, 0) is 43.7 Å². The summed E-state index contributed by atoms with van der Waals surface area (Å²) in [4.78, 5) is 36.3. The minimum atomic E-state index is -1.62. The molecule has 28 heavy (non-hydrogen) atoms. The van der Waals surface area contributed by atoms with Crippen molar-refractivity contribution in [3.8, 4) is 0 Å². The number of halogens is 1. The second-order valence-electron chi connectivity index (χ2n) is 6.49. The molecule has 0 fully saturated rings. The first kappa shape index (κ1) is 21.0. The number of methoxy groups -OCH3 is 1. The number of hydrogen-bond acceptors (Lipinski definition) is 4. The lowest BCUT2D eigenvalue weighted by Crippen LogP contribution is -2.55. The van der Waals surface area contributed by atoms with Crippen LogP contribution in [0.2, 0.25) is 0 Å². The largest absolute Gasteiger partial charge is 0.479 e. The molecule has 0 aliphatic rings. The molecule has 2 aromatic rings. The van der Waals surface area contributed by atoms with Crippen molar-refractivity contribution in [2.24, 2.45) is 0 Å². The molecule has 0 saturated carbocycles. The second-order valence-corrected chi connectivity index (χ2v) is 6.49. The van der Waals surface area contributed by atoms with Gasteiger partial charge < -0.3 is 20.5 Å². The van der Waals surface area contributed by atoms with E-state index in [1.807, 2.05) is 0 Å². The van der Waals surface area contributed by atoms with E-state index < -0.39 is 29.1 Å². The molecule has 2 amide bonds. The quantitative estimate of drug-likeness (QED) is 0.676. The van der Waals surface area contributed by atoms with Crippen LogP contribution < -0.4 is 10.6 Å². The number of carbonyl (C=O) groups is 3. The summed E-state index contributed by atoms with van der Waals surface area (Å²) in [5.41, 5.74) is -0.648. The van der Waals surface area contributed by atoms with Gasteiger partial charge in [-0.1, -0.05) is 18.2 Å². The smallest absolute Gasteiger partial charge is 0.331 e. The van der Waals surface area contributed by atoms with Crippen LogP contribution in [0, 0.1) is 12.7 Å². The van der Waals surface area contributed by atoms with Crippen LogP contribution in [-0.2, 0) is 9.53 Å². The van der Waals surface area contributed by atoms with E-state index in [2.05, 4.69) is 10.6 Å². The summed E-state index contributed by atoms with van der Waals surface area (Å²) in [5, 5.41) is 14.3. The molecule has 1 atom stereocenters. The molecule has 0 saturated heterocycles. The summed E-state index contributed by atoms with van der Waals surface area (Å²) in [6.07, 6.45) is 0. The number of ether oxygens (including phenoxy) is 1. The van der Waals surface area contributed by atoms with Crippen molar-refractivity contribution >= 4 is 23.5 Å². The maximum atomic E-state index is 13.8. The van der Waals surface area contributed by atoms with Crippen molar-refractivity contribution in [1.29, 1.82) is 0 Å². The number of benzene rings is 2. The van der Waals surface area contributed by atoms with Gasteiger partial charge in [0.2, 0.25) is 0 Å². The summed E-state index contributed by atoms with van der Waals surface area (Å²) in [6.45, 7) is 2.81. The van der Waals surface area contributed by atoms with Crippen LogP contribution in [0.25, 0.3) is 0 Å².